The van der Waals surface area contributed by atoms with E-state index < -0.39 is 0 Å². The minimum absolute atomic E-state index is 0.344. The summed E-state index contributed by atoms with van der Waals surface area (Å²) in [5, 5.41) is 0.532. The van der Waals surface area contributed by atoms with Gasteiger partial charge in [-0.1, -0.05) is 11.6 Å². The molecule has 0 aliphatic heterocycles. The Balaban J connectivity index is 3.03. The summed E-state index contributed by atoms with van der Waals surface area (Å²) in [5.41, 5.74) is 1.36. The van der Waals surface area contributed by atoms with Crippen LogP contribution in [-0.4, -0.2) is 26.7 Å². The van der Waals surface area contributed by atoms with Crippen molar-refractivity contribution in [2.45, 2.75) is 6.92 Å². The first-order valence-electron chi connectivity index (χ1n) is 4.69. The van der Waals surface area contributed by atoms with Gasteiger partial charge in [-0.25, -0.2) is 4.79 Å². The monoisotopic (exact) mass is 227 g/mol. The summed E-state index contributed by atoms with van der Waals surface area (Å²) in [4.78, 5) is 13.4. The summed E-state index contributed by atoms with van der Waals surface area (Å²) in [6, 6.07) is 5.15. The molecule has 0 atom stereocenters. The molecule has 0 fully saturated rings. The topological polar surface area (TPSA) is 29.5 Å². The number of ether oxygens (including phenoxy) is 1. The predicted molar refractivity (Wildman–Crippen MR) is 61.7 cm³/mol. The first kappa shape index (κ1) is 11.9. The van der Waals surface area contributed by atoms with E-state index in [-0.39, 0.29) is 5.97 Å². The molecule has 1 aromatic rings. The highest BCUT2D eigenvalue weighted by Gasteiger charge is 2.09. The summed E-state index contributed by atoms with van der Waals surface area (Å²) in [6.45, 7) is 2.14. The third kappa shape index (κ3) is 3.13. The van der Waals surface area contributed by atoms with Crippen molar-refractivity contribution in [1.82, 2.24) is 0 Å². The fourth-order valence-corrected chi connectivity index (χ4v) is 1.39. The Hall–Kier alpha value is -1.22. The van der Waals surface area contributed by atoms with E-state index in [2.05, 4.69) is 0 Å². The van der Waals surface area contributed by atoms with Crippen molar-refractivity contribution in [2.24, 2.45) is 0 Å². The largest absolute Gasteiger partial charge is 0.462 e. The molecule has 1 rings (SSSR count). The Kier molecular flexibility index (Phi) is 3.97. The number of hydrogen-bond acceptors (Lipinski definition) is 3. The molecule has 0 bridgehead atoms. The number of rotatable bonds is 3. The lowest BCUT2D eigenvalue weighted by atomic mass is 10.2. The quantitative estimate of drug-likeness (QED) is 0.744. The fourth-order valence-electron chi connectivity index (χ4n) is 1.16. The Bertz CT molecular complexity index is 364. The minimum atomic E-state index is -0.344. The summed E-state index contributed by atoms with van der Waals surface area (Å²) in [6.07, 6.45) is 0. The van der Waals surface area contributed by atoms with Crippen LogP contribution in [0.2, 0.25) is 5.02 Å². The van der Waals surface area contributed by atoms with Crippen molar-refractivity contribution >= 4 is 23.3 Å². The van der Waals surface area contributed by atoms with Crippen molar-refractivity contribution < 1.29 is 9.53 Å². The zero-order chi connectivity index (χ0) is 11.4. The smallest absolute Gasteiger partial charge is 0.338 e. The maximum absolute atomic E-state index is 11.5. The molecule has 0 unspecified atom stereocenters. The van der Waals surface area contributed by atoms with E-state index >= 15 is 0 Å². The first-order chi connectivity index (χ1) is 7.04. The Morgan fingerprint density at radius 3 is 2.60 bits per heavy atom. The van der Waals surface area contributed by atoms with Crippen molar-refractivity contribution in [1.29, 1.82) is 0 Å². The molecule has 0 heterocycles. The van der Waals surface area contributed by atoms with Crippen molar-refractivity contribution in [2.75, 3.05) is 25.6 Å². The van der Waals surface area contributed by atoms with Gasteiger partial charge in [-0.05, 0) is 25.1 Å². The van der Waals surface area contributed by atoms with E-state index in [4.69, 9.17) is 16.3 Å². The van der Waals surface area contributed by atoms with E-state index in [0.29, 0.717) is 17.2 Å². The number of hydrogen-bond donors (Lipinski definition) is 0. The van der Waals surface area contributed by atoms with Gasteiger partial charge < -0.3 is 9.64 Å². The minimum Gasteiger partial charge on any atom is -0.462 e. The van der Waals surface area contributed by atoms with Gasteiger partial charge in [0, 0.05) is 24.8 Å². The predicted octanol–water partition coefficient (Wildman–Crippen LogP) is 2.58. The fraction of sp³-hybridized carbons (Fsp3) is 0.364. The SMILES string of the molecule is CCOC(=O)c1cc(Cl)cc(N(C)C)c1. The number of halogens is 1. The summed E-state index contributed by atoms with van der Waals surface area (Å²) >= 11 is 5.90. The molecule has 0 saturated carbocycles. The molecule has 0 spiro atoms. The molecule has 0 amide bonds. The Morgan fingerprint density at radius 1 is 1.40 bits per heavy atom. The van der Waals surface area contributed by atoms with Gasteiger partial charge >= 0.3 is 5.97 Å². The molecule has 0 N–H and O–H groups in total. The molecule has 3 nitrogen and oxygen atoms in total. The Labute approximate surface area is 94.6 Å². The molecule has 82 valence electrons. The van der Waals surface area contributed by atoms with Gasteiger partial charge in [0.2, 0.25) is 0 Å². The van der Waals surface area contributed by atoms with Crippen LogP contribution in [0.25, 0.3) is 0 Å². The zero-order valence-corrected chi connectivity index (χ0v) is 9.84. The van der Waals surface area contributed by atoms with Gasteiger partial charge in [-0.2, -0.15) is 0 Å². The molecule has 4 heteroatoms. The second-order valence-corrected chi connectivity index (χ2v) is 3.75. The van der Waals surface area contributed by atoms with Crippen LogP contribution >= 0.6 is 11.6 Å². The lowest BCUT2D eigenvalue weighted by Crippen LogP contribution is -2.11. The molecule has 0 aliphatic carbocycles. The molecular weight excluding hydrogens is 214 g/mol. The molecule has 0 aromatic heterocycles. The van der Waals surface area contributed by atoms with Gasteiger partial charge in [0.25, 0.3) is 0 Å². The lowest BCUT2D eigenvalue weighted by molar-refractivity contribution is 0.0526. The highest BCUT2D eigenvalue weighted by Crippen LogP contribution is 2.21. The van der Waals surface area contributed by atoms with Crippen LogP contribution in [0.15, 0.2) is 18.2 Å². The highest BCUT2D eigenvalue weighted by atomic mass is 35.5. The van der Waals surface area contributed by atoms with Gasteiger partial charge in [0.05, 0.1) is 12.2 Å². The Morgan fingerprint density at radius 2 is 2.07 bits per heavy atom. The van der Waals surface area contributed by atoms with Crippen LogP contribution < -0.4 is 4.90 Å². The second-order valence-electron chi connectivity index (χ2n) is 3.31. The normalized spacial score (nSPS) is 9.87. The number of nitrogens with zero attached hydrogens (tertiary/aromatic N) is 1. The van der Waals surface area contributed by atoms with Crippen LogP contribution in [0.3, 0.4) is 0 Å². The molecule has 1 aromatic carbocycles. The maximum atomic E-state index is 11.5. The second kappa shape index (κ2) is 5.03. The van der Waals surface area contributed by atoms with E-state index in [0.717, 1.165) is 5.69 Å². The standard InChI is InChI=1S/C11H14ClNO2/c1-4-15-11(14)8-5-9(12)7-10(6-8)13(2)3/h5-7H,4H2,1-3H3. The van der Waals surface area contributed by atoms with E-state index in [1.807, 2.05) is 19.0 Å². The van der Waals surface area contributed by atoms with Crippen LogP contribution in [0.4, 0.5) is 5.69 Å². The maximum Gasteiger partial charge on any atom is 0.338 e. The number of carbonyl (C=O) groups excluding carboxylic acids is 1. The van der Waals surface area contributed by atoms with E-state index in [1.54, 1.807) is 25.1 Å². The summed E-state index contributed by atoms with van der Waals surface area (Å²) in [7, 11) is 3.78. The number of carbonyl (C=O) groups is 1. The molecule has 0 radical (unpaired) electrons. The highest BCUT2D eigenvalue weighted by molar-refractivity contribution is 6.31. The van der Waals surface area contributed by atoms with Crippen LogP contribution in [-0.2, 0) is 4.74 Å². The van der Waals surface area contributed by atoms with Gasteiger partial charge in [-0.3, -0.25) is 0 Å². The molecular formula is C11H14ClNO2. The van der Waals surface area contributed by atoms with Crippen molar-refractivity contribution in [3.63, 3.8) is 0 Å². The number of anilines is 1. The summed E-state index contributed by atoms with van der Waals surface area (Å²) in [5.74, 6) is -0.344. The molecule has 15 heavy (non-hydrogen) atoms. The third-order valence-electron chi connectivity index (χ3n) is 1.91. The molecule has 0 aliphatic rings. The third-order valence-corrected chi connectivity index (χ3v) is 2.13. The van der Waals surface area contributed by atoms with E-state index in [9.17, 15) is 4.79 Å². The van der Waals surface area contributed by atoms with Gasteiger partial charge in [0.15, 0.2) is 0 Å². The van der Waals surface area contributed by atoms with Crippen LogP contribution in [0.1, 0.15) is 17.3 Å². The van der Waals surface area contributed by atoms with Crippen LogP contribution in [0.5, 0.6) is 0 Å². The van der Waals surface area contributed by atoms with Crippen molar-refractivity contribution in [3.05, 3.63) is 28.8 Å². The van der Waals surface area contributed by atoms with Crippen molar-refractivity contribution in [3.8, 4) is 0 Å². The average molecular weight is 228 g/mol. The number of benzene rings is 1. The van der Waals surface area contributed by atoms with Gasteiger partial charge in [-0.15, -0.1) is 0 Å². The average Bonchev–Trinajstić information content (AvgIpc) is 2.17. The lowest BCUT2D eigenvalue weighted by Gasteiger charge is -2.13. The first-order valence-corrected chi connectivity index (χ1v) is 5.07. The zero-order valence-electron chi connectivity index (χ0n) is 9.08. The van der Waals surface area contributed by atoms with Crippen LogP contribution in [0, 0.1) is 0 Å². The van der Waals surface area contributed by atoms with Gasteiger partial charge in [0.1, 0.15) is 0 Å². The number of esters is 1. The summed E-state index contributed by atoms with van der Waals surface area (Å²) < 4.78 is 4.90. The molecule has 0 saturated heterocycles. The van der Waals surface area contributed by atoms with E-state index in [1.165, 1.54) is 0 Å².